The Morgan fingerprint density at radius 1 is 0.775 bits per heavy atom. The number of aromatic nitrogens is 1. The molecular formula is C38H43NS. The lowest BCUT2D eigenvalue weighted by Gasteiger charge is -2.24. The van der Waals surface area contributed by atoms with Crippen molar-refractivity contribution >= 4 is 32.2 Å². The number of benzene rings is 3. The van der Waals surface area contributed by atoms with Crippen molar-refractivity contribution in [3.63, 3.8) is 0 Å². The molecule has 0 N–H and O–H groups in total. The summed E-state index contributed by atoms with van der Waals surface area (Å²) < 4.78 is 1.31. The monoisotopic (exact) mass is 545 g/mol. The molecule has 0 bridgehead atoms. The fourth-order valence-electron chi connectivity index (χ4n) is 6.79. The normalized spacial score (nSPS) is 15.2. The van der Waals surface area contributed by atoms with Crippen molar-refractivity contribution in [3.8, 4) is 21.7 Å². The van der Waals surface area contributed by atoms with Crippen LogP contribution in [0, 0.1) is 5.41 Å². The molecule has 6 rings (SSSR count). The highest BCUT2D eigenvalue weighted by molar-refractivity contribution is 7.23. The topological polar surface area (TPSA) is 12.9 Å². The Kier molecular flexibility index (Phi) is 7.11. The minimum Gasteiger partial charge on any atom is -0.255 e. The van der Waals surface area contributed by atoms with Gasteiger partial charge in [0.15, 0.2) is 0 Å². The summed E-state index contributed by atoms with van der Waals surface area (Å²) in [7, 11) is 0. The van der Waals surface area contributed by atoms with Gasteiger partial charge >= 0.3 is 0 Å². The molecule has 0 atom stereocenters. The molecule has 2 heteroatoms. The van der Waals surface area contributed by atoms with Crippen LogP contribution in [-0.2, 0) is 11.8 Å². The fraction of sp³-hybridized carbons (Fsp3) is 0.395. The van der Waals surface area contributed by atoms with E-state index in [2.05, 4.69) is 108 Å². The van der Waals surface area contributed by atoms with Crippen molar-refractivity contribution in [2.45, 2.75) is 91.4 Å². The second-order valence-corrected chi connectivity index (χ2v) is 15.2. The van der Waals surface area contributed by atoms with Gasteiger partial charge in [0.2, 0.25) is 0 Å². The van der Waals surface area contributed by atoms with Gasteiger partial charge in [-0.3, -0.25) is 4.98 Å². The first kappa shape index (κ1) is 27.2. The van der Waals surface area contributed by atoms with E-state index in [1.54, 1.807) is 0 Å². The zero-order valence-corrected chi connectivity index (χ0v) is 25.9. The lowest BCUT2D eigenvalue weighted by Crippen LogP contribution is -2.11. The molecule has 1 aliphatic carbocycles. The summed E-state index contributed by atoms with van der Waals surface area (Å²) in [5.74, 6) is 0.647. The van der Waals surface area contributed by atoms with E-state index in [1.807, 2.05) is 17.5 Å². The van der Waals surface area contributed by atoms with Crippen LogP contribution in [0.3, 0.4) is 0 Å². The minimum atomic E-state index is 0.0208. The number of thiophene rings is 1. The lowest BCUT2D eigenvalue weighted by atomic mass is 9.81. The van der Waals surface area contributed by atoms with E-state index < -0.39 is 0 Å². The molecule has 40 heavy (non-hydrogen) atoms. The Morgan fingerprint density at radius 3 is 2.20 bits per heavy atom. The molecule has 0 spiro atoms. The largest absolute Gasteiger partial charge is 0.255 e. The van der Waals surface area contributed by atoms with E-state index in [-0.39, 0.29) is 10.8 Å². The first-order valence-electron chi connectivity index (χ1n) is 15.1. The van der Waals surface area contributed by atoms with Crippen LogP contribution in [-0.4, -0.2) is 4.98 Å². The Bertz CT molecular complexity index is 1650. The number of nitrogens with zero attached hydrogens (tertiary/aromatic N) is 1. The summed E-state index contributed by atoms with van der Waals surface area (Å²) in [4.78, 5) is 6.45. The standard InChI is InChI=1S/C38H43NS/c1-37(2,3)24-25-16-18-27(19-17-25)35-33(38(4,5)6)31-20-21-39-34(36(31)40-35)29-22-28-14-10-11-15-30(28)32(23-29)26-12-8-7-9-13-26/h10-11,14-23,26H,7-9,12-13,24H2,1-6H3. The van der Waals surface area contributed by atoms with Gasteiger partial charge in [0.25, 0.3) is 0 Å². The van der Waals surface area contributed by atoms with E-state index in [0.29, 0.717) is 5.92 Å². The van der Waals surface area contributed by atoms with Crippen LogP contribution in [0.5, 0.6) is 0 Å². The number of rotatable bonds is 4. The predicted molar refractivity (Wildman–Crippen MR) is 176 cm³/mol. The first-order chi connectivity index (χ1) is 19.1. The predicted octanol–water partition coefficient (Wildman–Crippen LogP) is 11.7. The zero-order chi connectivity index (χ0) is 28.1. The van der Waals surface area contributed by atoms with Crippen molar-refractivity contribution in [1.82, 2.24) is 4.98 Å². The molecule has 206 valence electrons. The number of hydrogen-bond acceptors (Lipinski definition) is 2. The van der Waals surface area contributed by atoms with Crippen molar-refractivity contribution in [1.29, 1.82) is 0 Å². The molecule has 5 aromatic rings. The van der Waals surface area contributed by atoms with Crippen molar-refractivity contribution < 1.29 is 0 Å². The number of pyridine rings is 1. The summed E-state index contributed by atoms with van der Waals surface area (Å²) in [6.07, 6.45) is 9.78. The molecule has 1 nitrogen and oxygen atoms in total. The molecule has 0 saturated heterocycles. The van der Waals surface area contributed by atoms with Crippen LogP contribution in [0.15, 0.2) is 72.9 Å². The molecule has 3 aromatic carbocycles. The molecular weight excluding hydrogens is 502 g/mol. The molecule has 1 aliphatic rings. The van der Waals surface area contributed by atoms with Gasteiger partial charge in [-0.05, 0) is 87.2 Å². The summed E-state index contributed by atoms with van der Waals surface area (Å²) in [5.41, 5.74) is 8.38. The van der Waals surface area contributed by atoms with Gasteiger partial charge in [0, 0.05) is 22.0 Å². The van der Waals surface area contributed by atoms with Gasteiger partial charge in [-0.25, -0.2) is 0 Å². The third-order valence-corrected chi connectivity index (χ3v) is 9.78. The molecule has 0 aliphatic heterocycles. The second kappa shape index (κ2) is 10.5. The maximum atomic E-state index is 5.07. The maximum Gasteiger partial charge on any atom is 0.0880 e. The fourth-order valence-corrected chi connectivity index (χ4v) is 8.32. The SMILES string of the molecule is CC(C)(C)Cc1ccc(-c2sc3c(-c4cc(C5CCCCC5)c5ccccc5c4)nccc3c2C(C)(C)C)cc1. The molecule has 1 saturated carbocycles. The first-order valence-corrected chi connectivity index (χ1v) is 15.9. The highest BCUT2D eigenvalue weighted by Crippen LogP contribution is 2.48. The average Bonchev–Trinajstić information content (AvgIpc) is 3.33. The number of fused-ring (bicyclic) bond motifs is 2. The van der Waals surface area contributed by atoms with E-state index in [4.69, 9.17) is 4.98 Å². The Morgan fingerprint density at radius 2 is 1.50 bits per heavy atom. The Hall–Kier alpha value is -2.97. The molecule has 0 amide bonds. The van der Waals surface area contributed by atoms with E-state index in [1.165, 1.54) is 85.7 Å². The van der Waals surface area contributed by atoms with Gasteiger partial charge in [-0.1, -0.05) is 109 Å². The highest BCUT2D eigenvalue weighted by atomic mass is 32.1. The number of hydrogen-bond donors (Lipinski definition) is 0. The van der Waals surface area contributed by atoms with Crippen LogP contribution in [0.4, 0.5) is 0 Å². The molecule has 2 aromatic heterocycles. The van der Waals surface area contributed by atoms with Gasteiger partial charge < -0.3 is 0 Å². The third-order valence-electron chi connectivity index (χ3n) is 8.52. The van der Waals surface area contributed by atoms with E-state index >= 15 is 0 Å². The molecule has 0 radical (unpaired) electrons. The van der Waals surface area contributed by atoms with Crippen LogP contribution in [0.2, 0.25) is 0 Å². The van der Waals surface area contributed by atoms with E-state index in [0.717, 1.165) is 12.1 Å². The molecule has 0 unspecified atom stereocenters. The Balaban J connectivity index is 1.53. The maximum absolute atomic E-state index is 5.07. The summed E-state index contributed by atoms with van der Waals surface area (Å²) in [6.45, 7) is 14.0. The average molecular weight is 546 g/mol. The minimum absolute atomic E-state index is 0.0208. The molecule has 1 fully saturated rings. The van der Waals surface area contributed by atoms with Gasteiger partial charge in [-0.15, -0.1) is 11.3 Å². The van der Waals surface area contributed by atoms with Gasteiger partial charge in [0.1, 0.15) is 0 Å². The summed E-state index contributed by atoms with van der Waals surface area (Å²) in [5, 5.41) is 4.10. The van der Waals surface area contributed by atoms with E-state index in [9.17, 15) is 0 Å². The van der Waals surface area contributed by atoms with Crippen LogP contribution in [0.1, 0.15) is 96.3 Å². The van der Waals surface area contributed by atoms with Crippen molar-refractivity contribution in [2.75, 3.05) is 0 Å². The van der Waals surface area contributed by atoms with Crippen LogP contribution in [0.25, 0.3) is 42.6 Å². The smallest absolute Gasteiger partial charge is 0.0880 e. The third kappa shape index (κ3) is 5.36. The van der Waals surface area contributed by atoms with Gasteiger partial charge in [-0.2, -0.15) is 0 Å². The lowest BCUT2D eigenvalue weighted by molar-refractivity contribution is 0.411. The second-order valence-electron chi connectivity index (χ2n) is 14.1. The molecule has 2 heterocycles. The summed E-state index contributed by atoms with van der Waals surface area (Å²) >= 11 is 1.93. The Labute approximate surface area is 244 Å². The zero-order valence-electron chi connectivity index (χ0n) is 25.1. The van der Waals surface area contributed by atoms with Crippen molar-refractivity contribution in [3.05, 3.63) is 89.6 Å². The highest BCUT2D eigenvalue weighted by Gasteiger charge is 2.27. The van der Waals surface area contributed by atoms with Crippen LogP contribution >= 0.6 is 11.3 Å². The quantitative estimate of drug-likeness (QED) is 0.219. The van der Waals surface area contributed by atoms with Crippen LogP contribution < -0.4 is 0 Å². The van der Waals surface area contributed by atoms with Gasteiger partial charge in [0.05, 0.1) is 10.4 Å². The summed E-state index contributed by atoms with van der Waals surface area (Å²) in [6, 6.07) is 25.4. The van der Waals surface area contributed by atoms with Crippen molar-refractivity contribution in [2.24, 2.45) is 5.41 Å².